The van der Waals surface area contributed by atoms with Crippen LogP contribution in [0, 0.1) is 5.92 Å². The zero-order valence-corrected chi connectivity index (χ0v) is 11.4. The average Bonchev–Trinajstić information content (AvgIpc) is 2.34. The fourth-order valence-electron chi connectivity index (χ4n) is 2.67. The van der Waals surface area contributed by atoms with E-state index in [2.05, 4.69) is 37.4 Å². The van der Waals surface area contributed by atoms with Crippen LogP contribution in [0.5, 0.6) is 0 Å². The number of benzene rings is 1. The molecule has 0 bridgehead atoms. The number of ether oxygens (including phenoxy) is 1. The minimum Gasteiger partial charge on any atom is -0.379 e. The fourth-order valence-corrected chi connectivity index (χ4v) is 3.07. The van der Waals surface area contributed by atoms with Crippen LogP contribution in [0.4, 0.5) is 0 Å². The number of rotatable bonds is 5. The van der Waals surface area contributed by atoms with Crippen molar-refractivity contribution in [1.82, 2.24) is 0 Å². The SMILES string of the molecule is CCC(CN)C1(c2ccc(SC)cc2)COC1. The van der Waals surface area contributed by atoms with Crippen molar-refractivity contribution in [2.45, 2.75) is 23.7 Å². The number of hydrogen-bond acceptors (Lipinski definition) is 3. The van der Waals surface area contributed by atoms with Gasteiger partial charge in [-0.15, -0.1) is 11.8 Å². The molecular weight excluding hydrogens is 230 g/mol. The van der Waals surface area contributed by atoms with E-state index in [9.17, 15) is 0 Å². The van der Waals surface area contributed by atoms with Crippen molar-refractivity contribution in [1.29, 1.82) is 0 Å². The molecule has 0 aliphatic carbocycles. The molecule has 1 fully saturated rings. The van der Waals surface area contributed by atoms with Gasteiger partial charge in [0.25, 0.3) is 0 Å². The smallest absolute Gasteiger partial charge is 0.0588 e. The molecule has 0 saturated carbocycles. The van der Waals surface area contributed by atoms with Crippen molar-refractivity contribution >= 4 is 11.8 Å². The quantitative estimate of drug-likeness (QED) is 0.817. The Morgan fingerprint density at radius 3 is 2.35 bits per heavy atom. The molecule has 2 N–H and O–H groups in total. The van der Waals surface area contributed by atoms with Crippen molar-refractivity contribution in [3.8, 4) is 0 Å². The van der Waals surface area contributed by atoms with Crippen LogP contribution < -0.4 is 5.73 Å². The molecule has 1 heterocycles. The predicted molar refractivity (Wildman–Crippen MR) is 73.6 cm³/mol. The van der Waals surface area contributed by atoms with Crippen LogP contribution in [-0.4, -0.2) is 26.0 Å². The maximum atomic E-state index is 5.91. The Balaban J connectivity index is 2.27. The fraction of sp³-hybridized carbons (Fsp3) is 0.571. The first-order valence-corrected chi connectivity index (χ1v) is 7.41. The van der Waals surface area contributed by atoms with Crippen LogP contribution in [0.3, 0.4) is 0 Å². The van der Waals surface area contributed by atoms with Gasteiger partial charge in [0.15, 0.2) is 0 Å². The van der Waals surface area contributed by atoms with Gasteiger partial charge in [0.2, 0.25) is 0 Å². The van der Waals surface area contributed by atoms with Crippen LogP contribution in [-0.2, 0) is 10.2 Å². The van der Waals surface area contributed by atoms with Gasteiger partial charge in [-0.05, 0) is 36.4 Å². The predicted octanol–water partition coefficient (Wildman–Crippen LogP) is 2.66. The summed E-state index contributed by atoms with van der Waals surface area (Å²) in [4.78, 5) is 1.31. The summed E-state index contributed by atoms with van der Waals surface area (Å²) in [5, 5.41) is 0. The molecule has 2 rings (SSSR count). The van der Waals surface area contributed by atoms with Crippen LogP contribution >= 0.6 is 11.8 Å². The van der Waals surface area contributed by atoms with Gasteiger partial charge < -0.3 is 10.5 Å². The Morgan fingerprint density at radius 1 is 1.35 bits per heavy atom. The monoisotopic (exact) mass is 251 g/mol. The van der Waals surface area contributed by atoms with E-state index in [0.717, 1.165) is 26.2 Å². The van der Waals surface area contributed by atoms with E-state index in [1.807, 2.05) is 0 Å². The molecule has 1 aromatic carbocycles. The zero-order valence-electron chi connectivity index (χ0n) is 10.6. The maximum Gasteiger partial charge on any atom is 0.0588 e. The third-order valence-electron chi connectivity index (χ3n) is 3.94. The molecule has 1 aliphatic heterocycles. The topological polar surface area (TPSA) is 35.2 Å². The Morgan fingerprint density at radius 2 is 2.00 bits per heavy atom. The number of nitrogens with two attached hydrogens (primary N) is 1. The number of hydrogen-bond donors (Lipinski definition) is 1. The highest BCUT2D eigenvalue weighted by Gasteiger charge is 2.45. The average molecular weight is 251 g/mol. The summed E-state index contributed by atoms with van der Waals surface area (Å²) in [6, 6.07) is 8.88. The summed E-state index contributed by atoms with van der Waals surface area (Å²) in [5.41, 5.74) is 7.47. The van der Waals surface area contributed by atoms with Gasteiger partial charge in [-0.1, -0.05) is 25.5 Å². The van der Waals surface area contributed by atoms with Gasteiger partial charge >= 0.3 is 0 Å². The molecule has 1 unspecified atom stereocenters. The molecule has 1 saturated heterocycles. The highest BCUT2D eigenvalue weighted by atomic mass is 32.2. The molecule has 2 nitrogen and oxygen atoms in total. The van der Waals surface area contributed by atoms with E-state index >= 15 is 0 Å². The van der Waals surface area contributed by atoms with E-state index in [0.29, 0.717) is 5.92 Å². The van der Waals surface area contributed by atoms with Crippen LogP contribution in [0.2, 0.25) is 0 Å². The summed E-state index contributed by atoms with van der Waals surface area (Å²) < 4.78 is 5.47. The molecule has 0 amide bonds. The lowest BCUT2D eigenvalue weighted by molar-refractivity contribution is -0.0898. The molecule has 3 heteroatoms. The summed E-state index contributed by atoms with van der Waals surface area (Å²) >= 11 is 1.78. The molecule has 1 aromatic rings. The second-order valence-corrected chi connectivity index (χ2v) is 5.60. The molecule has 17 heavy (non-hydrogen) atoms. The van der Waals surface area contributed by atoms with E-state index in [-0.39, 0.29) is 5.41 Å². The summed E-state index contributed by atoms with van der Waals surface area (Å²) in [7, 11) is 0. The molecule has 0 radical (unpaired) electrons. The first kappa shape index (κ1) is 12.9. The largest absolute Gasteiger partial charge is 0.379 e. The first-order chi connectivity index (χ1) is 8.26. The van der Waals surface area contributed by atoms with Crippen molar-refractivity contribution in [3.05, 3.63) is 29.8 Å². The van der Waals surface area contributed by atoms with Crippen molar-refractivity contribution in [3.63, 3.8) is 0 Å². The Kier molecular flexibility index (Phi) is 4.13. The third-order valence-corrected chi connectivity index (χ3v) is 4.69. The van der Waals surface area contributed by atoms with Crippen molar-refractivity contribution in [2.75, 3.05) is 26.0 Å². The van der Waals surface area contributed by atoms with E-state index < -0.39 is 0 Å². The van der Waals surface area contributed by atoms with Gasteiger partial charge in [0, 0.05) is 10.3 Å². The van der Waals surface area contributed by atoms with Crippen LogP contribution in [0.15, 0.2) is 29.2 Å². The van der Waals surface area contributed by atoms with Gasteiger partial charge in [0.1, 0.15) is 0 Å². The van der Waals surface area contributed by atoms with Crippen LogP contribution in [0.1, 0.15) is 18.9 Å². The van der Waals surface area contributed by atoms with Gasteiger partial charge in [0.05, 0.1) is 13.2 Å². The van der Waals surface area contributed by atoms with E-state index in [1.165, 1.54) is 10.5 Å². The van der Waals surface area contributed by atoms with Crippen molar-refractivity contribution in [2.24, 2.45) is 11.7 Å². The second kappa shape index (κ2) is 5.42. The number of thioether (sulfide) groups is 1. The normalized spacial score (nSPS) is 19.7. The maximum absolute atomic E-state index is 5.91. The van der Waals surface area contributed by atoms with Gasteiger partial charge in [-0.2, -0.15) is 0 Å². The molecule has 0 aromatic heterocycles. The first-order valence-electron chi connectivity index (χ1n) is 6.19. The third kappa shape index (κ3) is 2.24. The Labute approximate surface area is 108 Å². The standard InChI is InChI=1S/C14H21NOS/c1-3-11(8-15)14(9-16-10-14)12-4-6-13(17-2)7-5-12/h4-7,11H,3,8-10,15H2,1-2H3. The zero-order chi connectivity index (χ0) is 12.3. The molecule has 1 aliphatic rings. The highest BCUT2D eigenvalue weighted by molar-refractivity contribution is 7.98. The van der Waals surface area contributed by atoms with E-state index in [1.54, 1.807) is 11.8 Å². The molecule has 1 atom stereocenters. The van der Waals surface area contributed by atoms with Crippen molar-refractivity contribution < 1.29 is 4.74 Å². The van der Waals surface area contributed by atoms with E-state index in [4.69, 9.17) is 10.5 Å². The lowest BCUT2D eigenvalue weighted by Gasteiger charge is -2.47. The summed E-state index contributed by atoms with van der Waals surface area (Å²) in [6.07, 6.45) is 3.22. The molecular formula is C14H21NOS. The second-order valence-electron chi connectivity index (χ2n) is 4.72. The highest BCUT2D eigenvalue weighted by Crippen LogP contribution is 2.41. The van der Waals surface area contributed by atoms with Crippen LogP contribution in [0.25, 0.3) is 0 Å². The molecule has 0 spiro atoms. The minimum absolute atomic E-state index is 0.167. The van der Waals surface area contributed by atoms with Gasteiger partial charge in [-0.25, -0.2) is 0 Å². The molecule has 94 valence electrons. The summed E-state index contributed by atoms with van der Waals surface area (Å²) in [5.74, 6) is 0.524. The van der Waals surface area contributed by atoms with Gasteiger partial charge in [-0.3, -0.25) is 0 Å². The minimum atomic E-state index is 0.167. The summed E-state index contributed by atoms with van der Waals surface area (Å²) in [6.45, 7) is 4.60. The Hall–Kier alpha value is -0.510. The lowest BCUT2D eigenvalue weighted by atomic mass is 9.67. The Bertz CT molecular complexity index is 355. The lowest BCUT2D eigenvalue weighted by Crippen LogP contribution is -2.54.